The van der Waals surface area contributed by atoms with E-state index >= 15 is 0 Å². The molecule has 0 N–H and O–H groups in total. The minimum Gasteiger partial charge on any atom is -0.327 e. The third-order valence-electron chi connectivity index (χ3n) is 2.93. The minimum absolute atomic E-state index is 0.118. The van der Waals surface area contributed by atoms with E-state index in [1.165, 1.54) is 6.07 Å². The third-order valence-corrected chi connectivity index (χ3v) is 4.37. The van der Waals surface area contributed by atoms with Crippen molar-refractivity contribution in [1.29, 1.82) is 0 Å². The first-order valence-electron chi connectivity index (χ1n) is 5.95. The number of nitrogens with zero attached hydrogens (tertiary/aromatic N) is 2. The van der Waals surface area contributed by atoms with Crippen LogP contribution in [0.2, 0.25) is 5.02 Å². The Bertz CT molecular complexity index is 586. The molecule has 0 amide bonds. The molecule has 0 aliphatic heterocycles. The number of hydrogen-bond donors (Lipinski definition) is 0. The number of fused-ring (bicyclic) bond motifs is 1. The summed E-state index contributed by atoms with van der Waals surface area (Å²) >= 11 is 13.6. The van der Waals surface area contributed by atoms with Gasteiger partial charge in [-0.2, -0.15) is 11.8 Å². The third kappa shape index (κ3) is 3.18. The van der Waals surface area contributed by atoms with Crippen LogP contribution in [0.5, 0.6) is 0 Å². The summed E-state index contributed by atoms with van der Waals surface area (Å²) < 4.78 is 15.5. The van der Waals surface area contributed by atoms with Crippen molar-refractivity contribution in [2.24, 2.45) is 5.92 Å². The zero-order chi connectivity index (χ0) is 14.0. The maximum absolute atomic E-state index is 13.5. The van der Waals surface area contributed by atoms with Gasteiger partial charge < -0.3 is 4.57 Å². The maximum atomic E-state index is 13.5. The molecular weight excluding hydrogens is 306 g/mol. The van der Waals surface area contributed by atoms with Gasteiger partial charge in [0.2, 0.25) is 0 Å². The fourth-order valence-corrected chi connectivity index (χ4v) is 3.16. The van der Waals surface area contributed by atoms with Crippen LogP contribution in [-0.4, -0.2) is 21.6 Å². The number of aromatic nitrogens is 2. The number of alkyl halides is 1. The highest BCUT2D eigenvalue weighted by Gasteiger charge is 2.15. The van der Waals surface area contributed by atoms with E-state index in [2.05, 4.69) is 18.2 Å². The average molecular weight is 321 g/mol. The first kappa shape index (κ1) is 14.9. The summed E-state index contributed by atoms with van der Waals surface area (Å²) in [5.41, 5.74) is 1.45. The van der Waals surface area contributed by atoms with Gasteiger partial charge in [-0.3, -0.25) is 0 Å². The molecule has 0 bridgehead atoms. The van der Waals surface area contributed by atoms with Crippen molar-refractivity contribution in [3.05, 3.63) is 28.8 Å². The van der Waals surface area contributed by atoms with Gasteiger partial charge in [-0.15, -0.1) is 11.6 Å². The molecule has 0 fully saturated rings. The van der Waals surface area contributed by atoms with Crippen molar-refractivity contribution in [3.8, 4) is 0 Å². The Morgan fingerprint density at radius 1 is 1.47 bits per heavy atom. The Kier molecular flexibility index (Phi) is 4.98. The van der Waals surface area contributed by atoms with Crippen molar-refractivity contribution in [1.82, 2.24) is 9.55 Å². The van der Waals surface area contributed by atoms with Gasteiger partial charge in [-0.25, -0.2) is 9.37 Å². The molecule has 19 heavy (non-hydrogen) atoms. The van der Waals surface area contributed by atoms with E-state index in [1.807, 2.05) is 4.57 Å². The lowest BCUT2D eigenvalue weighted by molar-refractivity contribution is 0.530. The molecule has 2 nitrogen and oxygen atoms in total. The Balaban J connectivity index is 2.47. The van der Waals surface area contributed by atoms with Gasteiger partial charge in [0, 0.05) is 12.6 Å². The summed E-state index contributed by atoms with van der Waals surface area (Å²) in [6, 6.07) is 2.99. The summed E-state index contributed by atoms with van der Waals surface area (Å²) in [6.07, 6.45) is 2.08. The van der Waals surface area contributed by atoms with Crippen LogP contribution in [0.4, 0.5) is 4.39 Å². The Labute approximate surface area is 126 Å². The van der Waals surface area contributed by atoms with E-state index in [0.717, 1.165) is 23.6 Å². The summed E-state index contributed by atoms with van der Waals surface area (Å²) in [7, 11) is 0. The van der Waals surface area contributed by atoms with E-state index in [0.29, 0.717) is 17.3 Å². The van der Waals surface area contributed by atoms with Crippen LogP contribution >= 0.6 is 35.0 Å². The summed E-state index contributed by atoms with van der Waals surface area (Å²) in [5.74, 6) is 2.15. The molecule has 0 radical (unpaired) electrons. The number of thioether (sulfide) groups is 1. The number of hydrogen-bond acceptors (Lipinski definition) is 2. The van der Waals surface area contributed by atoms with Crippen LogP contribution < -0.4 is 0 Å². The Morgan fingerprint density at radius 3 is 2.84 bits per heavy atom. The SMILES string of the molecule is CSCC(C)Cn1c(CCl)nc2cc(F)c(Cl)cc21. The molecule has 1 atom stereocenters. The Morgan fingerprint density at radius 2 is 2.21 bits per heavy atom. The zero-order valence-electron chi connectivity index (χ0n) is 10.8. The molecule has 1 aromatic heterocycles. The average Bonchev–Trinajstić information content (AvgIpc) is 2.68. The monoisotopic (exact) mass is 320 g/mol. The molecule has 104 valence electrons. The normalized spacial score (nSPS) is 13.1. The second kappa shape index (κ2) is 6.33. The molecule has 0 aliphatic carbocycles. The second-order valence-electron chi connectivity index (χ2n) is 4.59. The standard InChI is InChI=1S/C13H15Cl2FN2S/c1-8(7-19-2)6-18-12-3-9(15)10(16)4-11(12)17-13(18)5-14/h3-4,8H,5-7H2,1-2H3. The quantitative estimate of drug-likeness (QED) is 0.751. The first-order valence-corrected chi connectivity index (χ1v) is 8.26. The molecule has 1 unspecified atom stereocenters. The predicted octanol–water partition coefficient (Wildman–Crippen LogP) is 4.57. The lowest BCUT2D eigenvalue weighted by Gasteiger charge is -2.13. The van der Waals surface area contributed by atoms with E-state index in [4.69, 9.17) is 23.2 Å². The van der Waals surface area contributed by atoms with Crippen molar-refractivity contribution >= 4 is 46.0 Å². The zero-order valence-corrected chi connectivity index (χ0v) is 13.1. The molecule has 0 spiro atoms. The highest BCUT2D eigenvalue weighted by Crippen LogP contribution is 2.25. The fourth-order valence-electron chi connectivity index (χ4n) is 2.12. The van der Waals surface area contributed by atoms with Gasteiger partial charge >= 0.3 is 0 Å². The van der Waals surface area contributed by atoms with Crippen LogP contribution in [-0.2, 0) is 12.4 Å². The lowest BCUT2D eigenvalue weighted by atomic mass is 10.2. The van der Waals surface area contributed by atoms with E-state index in [9.17, 15) is 4.39 Å². The Hall–Kier alpha value is -0.450. The van der Waals surface area contributed by atoms with Gasteiger partial charge in [0.25, 0.3) is 0 Å². The van der Waals surface area contributed by atoms with Gasteiger partial charge in [-0.1, -0.05) is 18.5 Å². The van der Waals surface area contributed by atoms with E-state index in [1.54, 1.807) is 17.8 Å². The summed E-state index contributed by atoms with van der Waals surface area (Å²) in [4.78, 5) is 4.37. The van der Waals surface area contributed by atoms with Gasteiger partial charge in [-0.05, 0) is 24.0 Å². The van der Waals surface area contributed by atoms with Crippen LogP contribution in [0.3, 0.4) is 0 Å². The fraction of sp³-hybridized carbons (Fsp3) is 0.462. The topological polar surface area (TPSA) is 17.8 Å². The maximum Gasteiger partial charge on any atom is 0.144 e. The smallest absolute Gasteiger partial charge is 0.144 e. The molecule has 1 aromatic carbocycles. The van der Waals surface area contributed by atoms with Crippen molar-refractivity contribution in [2.45, 2.75) is 19.3 Å². The molecule has 2 rings (SSSR count). The second-order valence-corrected chi connectivity index (χ2v) is 6.17. The van der Waals surface area contributed by atoms with Crippen LogP contribution in [0, 0.1) is 11.7 Å². The van der Waals surface area contributed by atoms with Crippen molar-refractivity contribution in [3.63, 3.8) is 0 Å². The molecular formula is C13H15Cl2FN2S. The molecule has 0 aliphatic rings. The summed E-state index contributed by atoms with van der Waals surface area (Å²) in [5, 5.41) is 0.118. The molecule has 1 heterocycles. The molecule has 2 aromatic rings. The van der Waals surface area contributed by atoms with Gasteiger partial charge in [0.05, 0.1) is 21.9 Å². The molecule has 0 saturated heterocycles. The first-order chi connectivity index (χ1) is 9.06. The van der Waals surface area contributed by atoms with Crippen molar-refractivity contribution < 1.29 is 4.39 Å². The molecule has 0 saturated carbocycles. The predicted molar refractivity (Wildman–Crippen MR) is 81.8 cm³/mol. The molecule has 6 heteroatoms. The van der Waals surface area contributed by atoms with Gasteiger partial charge in [0.1, 0.15) is 11.6 Å². The summed E-state index contributed by atoms with van der Waals surface area (Å²) in [6.45, 7) is 2.98. The number of imidazole rings is 1. The van der Waals surface area contributed by atoms with Crippen LogP contribution in [0.15, 0.2) is 12.1 Å². The van der Waals surface area contributed by atoms with E-state index < -0.39 is 5.82 Å². The minimum atomic E-state index is -0.447. The van der Waals surface area contributed by atoms with Gasteiger partial charge in [0.15, 0.2) is 0 Å². The largest absolute Gasteiger partial charge is 0.327 e. The van der Waals surface area contributed by atoms with E-state index in [-0.39, 0.29) is 5.02 Å². The lowest BCUT2D eigenvalue weighted by Crippen LogP contribution is -2.12. The number of rotatable bonds is 5. The number of halogens is 3. The highest BCUT2D eigenvalue weighted by molar-refractivity contribution is 7.98. The van der Waals surface area contributed by atoms with Crippen molar-refractivity contribution in [2.75, 3.05) is 12.0 Å². The number of benzene rings is 1. The highest BCUT2D eigenvalue weighted by atomic mass is 35.5. The van der Waals surface area contributed by atoms with Crippen LogP contribution in [0.25, 0.3) is 11.0 Å². The van der Waals surface area contributed by atoms with Crippen LogP contribution in [0.1, 0.15) is 12.7 Å².